The average Bonchev–Trinajstić information content (AvgIpc) is 2.30. The molecule has 6 heteroatoms. The van der Waals surface area contributed by atoms with E-state index in [0.29, 0.717) is 24.2 Å². The van der Waals surface area contributed by atoms with Gasteiger partial charge in [0.25, 0.3) is 10.0 Å². The maximum atomic E-state index is 12.4. The molecule has 0 aliphatic carbocycles. The Morgan fingerprint density at radius 2 is 1.94 bits per heavy atom. The highest BCUT2D eigenvalue weighted by molar-refractivity contribution is 7.89. The number of aryl methyl sites for hydroxylation is 1. The van der Waals surface area contributed by atoms with E-state index in [1.165, 1.54) is 13.2 Å². The number of nitrogen functional groups attached to an aromatic ring is 1. The van der Waals surface area contributed by atoms with Gasteiger partial charge in [0, 0.05) is 12.2 Å². The second kappa shape index (κ2) is 5.69. The molecule has 0 saturated carbocycles. The summed E-state index contributed by atoms with van der Waals surface area (Å²) in [5.74, 6) is 0. The Kier molecular flexibility index (Phi) is 4.72. The molecular weight excluding hydrogens is 252 g/mol. The van der Waals surface area contributed by atoms with Crippen molar-refractivity contribution in [2.45, 2.75) is 32.1 Å². The Bertz CT molecular complexity index is 526. The summed E-state index contributed by atoms with van der Waals surface area (Å²) in [4.78, 5) is 5.15. The highest BCUT2D eigenvalue weighted by Gasteiger charge is 2.26. The molecule has 1 aromatic rings. The van der Waals surface area contributed by atoms with Gasteiger partial charge in [-0.3, -0.25) is 4.84 Å². The molecule has 0 aliphatic heterocycles. The summed E-state index contributed by atoms with van der Waals surface area (Å²) >= 11 is 0. The van der Waals surface area contributed by atoms with E-state index in [1.807, 2.05) is 13.8 Å². The van der Waals surface area contributed by atoms with Crippen molar-refractivity contribution in [1.29, 1.82) is 0 Å². The molecule has 1 rings (SSSR count). The summed E-state index contributed by atoms with van der Waals surface area (Å²) < 4.78 is 25.8. The van der Waals surface area contributed by atoms with E-state index >= 15 is 0 Å². The summed E-state index contributed by atoms with van der Waals surface area (Å²) in [5.41, 5.74) is 7.70. The summed E-state index contributed by atoms with van der Waals surface area (Å²) in [6, 6.07) is 3.23. The van der Waals surface area contributed by atoms with E-state index in [9.17, 15) is 8.42 Å². The first-order chi connectivity index (χ1) is 8.34. The fourth-order valence-corrected chi connectivity index (χ4v) is 3.40. The Morgan fingerprint density at radius 1 is 1.33 bits per heavy atom. The average molecular weight is 272 g/mol. The van der Waals surface area contributed by atoms with Crippen LogP contribution in [0.2, 0.25) is 0 Å². The Morgan fingerprint density at radius 3 is 2.44 bits per heavy atom. The van der Waals surface area contributed by atoms with E-state index in [2.05, 4.69) is 0 Å². The van der Waals surface area contributed by atoms with Gasteiger partial charge in [0.15, 0.2) is 0 Å². The first-order valence-corrected chi connectivity index (χ1v) is 7.22. The highest BCUT2D eigenvalue weighted by atomic mass is 32.2. The second-order valence-corrected chi connectivity index (χ2v) is 5.97. The molecule has 102 valence electrons. The van der Waals surface area contributed by atoms with Crippen LogP contribution in [0.15, 0.2) is 17.0 Å². The van der Waals surface area contributed by atoms with Crippen LogP contribution >= 0.6 is 0 Å². The van der Waals surface area contributed by atoms with Crippen LogP contribution in [0, 0.1) is 13.8 Å². The summed E-state index contributed by atoms with van der Waals surface area (Å²) in [6.07, 6.45) is 0.674. The number of hydroxylamine groups is 1. The van der Waals surface area contributed by atoms with E-state index in [0.717, 1.165) is 10.0 Å². The van der Waals surface area contributed by atoms with Gasteiger partial charge < -0.3 is 5.73 Å². The van der Waals surface area contributed by atoms with Crippen molar-refractivity contribution >= 4 is 15.7 Å². The molecule has 18 heavy (non-hydrogen) atoms. The molecular formula is C12H20N2O3S. The van der Waals surface area contributed by atoms with Crippen LogP contribution in [0.1, 0.15) is 24.5 Å². The van der Waals surface area contributed by atoms with Crippen molar-refractivity contribution in [3.63, 3.8) is 0 Å². The fourth-order valence-electron chi connectivity index (χ4n) is 1.72. The van der Waals surface area contributed by atoms with Gasteiger partial charge in [-0.1, -0.05) is 11.4 Å². The molecule has 1 aromatic carbocycles. The number of anilines is 1. The zero-order valence-corrected chi connectivity index (χ0v) is 12.0. The van der Waals surface area contributed by atoms with E-state index in [-0.39, 0.29) is 4.90 Å². The SMILES string of the molecule is CCCN(OC)S(=O)(=O)c1cc(N)cc(C)c1C. The summed E-state index contributed by atoms with van der Waals surface area (Å²) in [7, 11) is -2.31. The van der Waals surface area contributed by atoms with Crippen LogP contribution in [-0.4, -0.2) is 26.5 Å². The number of benzene rings is 1. The van der Waals surface area contributed by atoms with Gasteiger partial charge in [-0.25, -0.2) is 8.42 Å². The summed E-state index contributed by atoms with van der Waals surface area (Å²) in [5, 5.41) is 0. The molecule has 5 nitrogen and oxygen atoms in total. The molecule has 0 atom stereocenters. The third-order valence-corrected chi connectivity index (χ3v) is 4.65. The first kappa shape index (κ1) is 14.9. The van der Waals surface area contributed by atoms with Crippen molar-refractivity contribution in [2.75, 3.05) is 19.4 Å². The lowest BCUT2D eigenvalue weighted by atomic mass is 10.1. The quantitative estimate of drug-likeness (QED) is 0.656. The maximum Gasteiger partial charge on any atom is 0.265 e. The third-order valence-electron chi connectivity index (χ3n) is 2.80. The molecule has 0 bridgehead atoms. The van der Waals surface area contributed by atoms with Crippen LogP contribution < -0.4 is 5.73 Å². The minimum Gasteiger partial charge on any atom is -0.399 e. The monoisotopic (exact) mass is 272 g/mol. The zero-order valence-electron chi connectivity index (χ0n) is 11.2. The Labute approximate surface area is 109 Å². The molecule has 0 aliphatic rings. The van der Waals surface area contributed by atoms with Gasteiger partial charge in [0.1, 0.15) is 0 Å². The predicted molar refractivity (Wildman–Crippen MR) is 71.5 cm³/mol. The Balaban J connectivity index is 3.36. The van der Waals surface area contributed by atoms with Gasteiger partial charge in [0.05, 0.1) is 12.0 Å². The third kappa shape index (κ3) is 2.82. The van der Waals surface area contributed by atoms with Crippen molar-refractivity contribution in [3.05, 3.63) is 23.3 Å². The van der Waals surface area contributed by atoms with E-state index < -0.39 is 10.0 Å². The van der Waals surface area contributed by atoms with Gasteiger partial charge in [-0.05, 0) is 43.5 Å². The van der Waals surface area contributed by atoms with Crippen molar-refractivity contribution < 1.29 is 13.3 Å². The minimum atomic E-state index is -3.66. The van der Waals surface area contributed by atoms with E-state index in [4.69, 9.17) is 10.6 Å². The van der Waals surface area contributed by atoms with Gasteiger partial charge >= 0.3 is 0 Å². The zero-order chi connectivity index (χ0) is 13.9. The van der Waals surface area contributed by atoms with Crippen LogP contribution in [0.5, 0.6) is 0 Å². The number of hydrogen-bond acceptors (Lipinski definition) is 4. The molecule has 0 radical (unpaired) electrons. The topological polar surface area (TPSA) is 72.6 Å². The number of rotatable bonds is 5. The summed E-state index contributed by atoms with van der Waals surface area (Å²) in [6.45, 7) is 5.80. The molecule has 0 unspecified atom stereocenters. The molecule has 0 saturated heterocycles. The smallest absolute Gasteiger partial charge is 0.265 e. The highest BCUT2D eigenvalue weighted by Crippen LogP contribution is 2.25. The van der Waals surface area contributed by atoms with Gasteiger partial charge in [-0.15, -0.1) is 0 Å². The van der Waals surface area contributed by atoms with Crippen LogP contribution in [0.4, 0.5) is 5.69 Å². The number of hydrogen-bond donors (Lipinski definition) is 1. The van der Waals surface area contributed by atoms with Crippen LogP contribution in [-0.2, 0) is 14.9 Å². The van der Waals surface area contributed by atoms with Crippen LogP contribution in [0.3, 0.4) is 0 Å². The molecule has 0 amide bonds. The molecule has 2 N–H and O–H groups in total. The molecule has 0 heterocycles. The lowest BCUT2D eigenvalue weighted by Crippen LogP contribution is -2.31. The van der Waals surface area contributed by atoms with Crippen molar-refractivity contribution in [1.82, 2.24) is 4.47 Å². The molecule has 0 spiro atoms. The lowest BCUT2D eigenvalue weighted by Gasteiger charge is -2.20. The van der Waals surface area contributed by atoms with Gasteiger partial charge in [-0.2, -0.15) is 0 Å². The largest absolute Gasteiger partial charge is 0.399 e. The van der Waals surface area contributed by atoms with E-state index in [1.54, 1.807) is 13.0 Å². The number of nitrogens with zero attached hydrogens (tertiary/aromatic N) is 1. The standard InChI is InChI=1S/C12H20N2O3S/c1-5-6-14(17-4)18(15,16)12-8-11(13)7-9(2)10(12)3/h7-8H,5-6,13H2,1-4H3. The number of sulfonamides is 1. The van der Waals surface area contributed by atoms with Crippen molar-refractivity contribution in [3.8, 4) is 0 Å². The minimum absolute atomic E-state index is 0.204. The number of nitrogens with two attached hydrogens (primary N) is 1. The Hall–Kier alpha value is -1.11. The predicted octanol–water partition coefficient (Wildman–Crippen LogP) is 1.85. The van der Waals surface area contributed by atoms with Crippen LogP contribution in [0.25, 0.3) is 0 Å². The first-order valence-electron chi connectivity index (χ1n) is 5.78. The fraction of sp³-hybridized carbons (Fsp3) is 0.500. The van der Waals surface area contributed by atoms with Crippen molar-refractivity contribution in [2.24, 2.45) is 0 Å². The second-order valence-electron chi connectivity index (χ2n) is 4.17. The van der Waals surface area contributed by atoms with Gasteiger partial charge in [0.2, 0.25) is 0 Å². The maximum absolute atomic E-state index is 12.4. The molecule has 0 fully saturated rings. The molecule has 0 aromatic heterocycles. The lowest BCUT2D eigenvalue weighted by molar-refractivity contribution is -0.0483. The normalized spacial score (nSPS) is 12.1.